The van der Waals surface area contributed by atoms with Crippen LogP contribution in [0, 0.1) is 5.41 Å². The average molecular weight is 320 g/mol. The monoisotopic (exact) mass is 320 g/mol. The van der Waals surface area contributed by atoms with Gasteiger partial charge in [0.25, 0.3) is 5.91 Å². The van der Waals surface area contributed by atoms with Gasteiger partial charge in [0.2, 0.25) is 0 Å². The Morgan fingerprint density at radius 2 is 2.00 bits per heavy atom. The number of nitrogens with one attached hydrogen (secondary N) is 1. The Kier molecular flexibility index (Phi) is 5.20. The molecular weight excluding hydrogens is 300 g/mol. The number of carbonyl (C=O) groups excluding carboxylic acids is 1. The summed E-state index contributed by atoms with van der Waals surface area (Å²) in [5.74, 6) is 0.267. The van der Waals surface area contributed by atoms with E-state index in [1.165, 1.54) is 17.5 Å². The first-order valence-corrected chi connectivity index (χ1v) is 7.85. The van der Waals surface area contributed by atoms with Crippen LogP contribution in [0.5, 0.6) is 0 Å². The highest BCUT2D eigenvalue weighted by Gasteiger charge is 2.21. The van der Waals surface area contributed by atoms with Crippen LogP contribution in [0.15, 0.2) is 24.7 Å². The maximum absolute atomic E-state index is 12.3. The molecule has 0 aliphatic carbocycles. The van der Waals surface area contributed by atoms with Gasteiger partial charge in [0.05, 0.1) is 18.8 Å². The van der Waals surface area contributed by atoms with Gasteiger partial charge in [0.15, 0.2) is 10.8 Å². The van der Waals surface area contributed by atoms with Crippen molar-refractivity contribution >= 4 is 17.2 Å². The quantitative estimate of drug-likeness (QED) is 0.881. The highest BCUT2D eigenvalue weighted by molar-refractivity contribution is 7.16. The molecule has 7 heteroatoms. The SMILES string of the molecule is CC(C)(C)CC(CO)NC(=O)c1cnc(-c2ncccn2)s1. The molecule has 0 aliphatic rings. The summed E-state index contributed by atoms with van der Waals surface area (Å²) in [5, 5.41) is 12.9. The summed E-state index contributed by atoms with van der Waals surface area (Å²) >= 11 is 1.23. The zero-order chi connectivity index (χ0) is 16.2. The molecule has 6 nitrogen and oxygen atoms in total. The molecule has 1 amide bonds. The molecule has 0 spiro atoms. The van der Waals surface area contributed by atoms with Crippen molar-refractivity contribution in [1.29, 1.82) is 0 Å². The van der Waals surface area contributed by atoms with Crippen molar-refractivity contribution < 1.29 is 9.90 Å². The molecule has 0 radical (unpaired) electrons. The smallest absolute Gasteiger partial charge is 0.263 e. The Balaban J connectivity index is 2.06. The minimum Gasteiger partial charge on any atom is -0.394 e. The zero-order valence-corrected chi connectivity index (χ0v) is 13.7. The van der Waals surface area contributed by atoms with Gasteiger partial charge in [0.1, 0.15) is 4.88 Å². The highest BCUT2D eigenvalue weighted by Crippen LogP contribution is 2.23. The number of carbonyl (C=O) groups is 1. The van der Waals surface area contributed by atoms with E-state index in [2.05, 4.69) is 41.0 Å². The molecule has 2 aromatic heterocycles. The molecule has 22 heavy (non-hydrogen) atoms. The lowest BCUT2D eigenvalue weighted by Gasteiger charge is -2.25. The predicted molar refractivity (Wildman–Crippen MR) is 85.6 cm³/mol. The molecule has 2 heterocycles. The minimum absolute atomic E-state index is 0.0252. The van der Waals surface area contributed by atoms with Crippen molar-refractivity contribution in [3.63, 3.8) is 0 Å². The van der Waals surface area contributed by atoms with Crippen molar-refractivity contribution in [2.45, 2.75) is 33.2 Å². The Bertz CT molecular complexity index is 622. The van der Waals surface area contributed by atoms with E-state index in [0.717, 1.165) is 0 Å². The Hall–Kier alpha value is -1.86. The number of rotatable bonds is 5. The van der Waals surface area contributed by atoms with E-state index in [1.54, 1.807) is 18.5 Å². The van der Waals surface area contributed by atoms with Crippen LogP contribution in [0.2, 0.25) is 0 Å². The molecule has 0 fully saturated rings. The third-order valence-electron chi connectivity index (χ3n) is 2.90. The van der Waals surface area contributed by atoms with Gasteiger partial charge < -0.3 is 10.4 Å². The van der Waals surface area contributed by atoms with Crippen LogP contribution in [-0.4, -0.2) is 38.6 Å². The molecule has 2 N–H and O–H groups in total. The standard InChI is InChI=1S/C15H20N4O2S/c1-15(2,3)7-10(9-20)19-13(21)11-8-18-14(22-11)12-16-5-4-6-17-12/h4-6,8,10,20H,7,9H2,1-3H3,(H,19,21). The number of aromatic nitrogens is 3. The summed E-state index contributed by atoms with van der Waals surface area (Å²) in [5.41, 5.74) is 0.0252. The molecule has 0 bridgehead atoms. The largest absolute Gasteiger partial charge is 0.394 e. The fraction of sp³-hybridized carbons (Fsp3) is 0.467. The van der Waals surface area contributed by atoms with E-state index >= 15 is 0 Å². The first kappa shape index (κ1) is 16.5. The third-order valence-corrected chi connectivity index (χ3v) is 3.89. The van der Waals surface area contributed by atoms with E-state index in [4.69, 9.17) is 0 Å². The summed E-state index contributed by atoms with van der Waals surface area (Å²) in [6, 6.07) is 1.45. The number of aliphatic hydroxyl groups excluding tert-OH is 1. The van der Waals surface area contributed by atoms with Crippen LogP contribution in [0.1, 0.15) is 36.9 Å². The van der Waals surface area contributed by atoms with Gasteiger partial charge in [-0.25, -0.2) is 15.0 Å². The normalized spacial score (nSPS) is 12.9. The fourth-order valence-electron chi connectivity index (χ4n) is 2.05. The van der Waals surface area contributed by atoms with Gasteiger partial charge in [-0.05, 0) is 17.9 Å². The van der Waals surface area contributed by atoms with Crippen LogP contribution in [0.4, 0.5) is 0 Å². The number of hydrogen-bond donors (Lipinski definition) is 2. The van der Waals surface area contributed by atoms with E-state index in [-0.39, 0.29) is 24.0 Å². The van der Waals surface area contributed by atoms with Gasteiger partial charge >= 0.3 is 0 Å². The van der Waals surface area contributed by atoms with Crippen LogP contribution in [0.25, 0.3) is 10.8 Å². The lowest BCUT2D eigenvalue weighted by atomic mass is 9.88. The summed E-state index contributed by atoms with van der Waals surface area (Å²) in [7, 11) is 0. The van der Waals surface area contributed by atoms with Crippen LogP contribution < -0.4 is 5.32 Å². The predicted octanol–water partition coefficient (Wildman–Crippen LogP) is 2.13. The molecule has 0 aliphatic heterocycles. The topological polar surface area (TPSA) is 88.0 Å². The summed E-state index contributed by atoms with van der Waals surface area (Å²) < 4.78 is 0. The number of aliphatic hydroxyl groups is 1. The van der Waals surface area contributed by atoms with Crippen LogP contribution in [-0.2, 0) is 0 Å². The molecule has 2 rings (SSSR count). The van der Waals surface area contributed by atoms with E-state index in [0.29, 0.717) is 22.1 Å². The van der Waals surface area contributed by atoms with Crippen molar-refractivity contribution in [2.24, 2.45) is 5.41 Å². The molecule has 2 aromatic rings. The maximum atomic E-state index is 12.3. The highest BCUT2D eigenvalue weighted by atomic mass is 32.1. The Labute approximate surface area is 133 Å². The second-order valence-corrected chi connectivity index (χ2v) is 7.25. The molecule has 1 unspecified atom stereocenters. The van der Waals surface area contributed by atoms with E-state index in [9.17, 15) is 9.90 Å². The van der Waals surface area contributed by atoms with Crippen LogP contribution >= 0.6 is 11.3 Å². The molecule has 1 atom stereocenters. The second-order valence-electron chi connectivity index (χ2n) is 6.22. The summed E-state index contributed by atoms with van der Waals surface area (Å²) in [6.45, 7) is 6.12. The third kappa shape index (κ3) is 4.57. The minimum atomic E-state index is -0.272. The number of nitrogens with zero attached hydrogens (tertiary/aromatic N) is 3. The first-order chi connectivity index (χ1) is 10.4. The lowest BCUT2D eigenvalue weighted by Crippen LogP contribution is -2.39. The summed E-state index contributed by atoms with van der Waals surface area (Å²) in [6.07, 6.45) is 5.48. The maximum Gasteiger partial charge on any atom is 0.263 e. The van der Waals surface area contributed by atoms with Crippen molar-refractivity contribution in [2.75, 3.05) is 6.61 Å². The average Bonchev–Trinajstić information content (AvgIpc) is 2.96. The number of amides is 1. The first-order valence-electron chi connectivity index (χ1n) is 7.04. The fourth-order valence-corrected chi connectivity index (χ4v) is 2.82. The molecule has 118 valence electrons. The van der Waals surface area contributed by atoms with Gasteiger partial charge in [-0.2, -0.15) is 0 Å². The van der Waals surface area contributed by atoms with Gasteiger partial charge in [0, 0.05) is 12.4 Å². The summed E-state index contributed by atoms with van der Waals surface area (Å²) in [4.78, 5) is 25.1. The van der Waals surface area contributed by atoms with Crippen molar-refractivity contribution in [3.8, 4) is 10.8 Å². The zero-order valence-electron chi connectivity index (χ0n) is 12.9. The van der Waals surface area contributed by atoms with Crippen LogP contribution in [0.3, 0.4) is 0 Å². The molecule has 0 saturated carbocycles. The molecule has 0 saturated heterocycles. The lowest BCUT2D eigenvalue weighted by molar-refractivity contribution is 0.0901. The van der Waals surface area contributed by atoms with Crippen molar-refractivity contribution in [3.05, 3.63) is 29.5 Å². The molecule has 0 aromatic carbocycles. The second kappa shape index (κ2) is 6.93. The number of hydrogen-bond acceptors (Lipinski definition) is 6. The Morgan fingerprint density at radius 1 is 1.32 bits per heavy atom. The van der Waals surface area contributed by atoms with E-state index in [1.807, 2.05) is 0 Å². The molecular formula is C15H20N4O2S. The van der Waals surface area contributed by atoms with E-state index < -0.39 is 0 Å². The van der Waals surface area contributed by atoms with Crippen molar-refractivity contribution in [1.82, 2.24) is 20.3 Å². The van der Waals surface area contributed by atoms with Gasteiger partial charge in [-0.1, -0.05) is 20.8 Å². The van der Waals surface area contributed by atoms with Gasteiger partial charge in [-0.3, -0.25) is 4.79 Å². The number of thiazole rings is 1. The Morgan fingerprint density at radius 3 is 2.59 bits per heavy atom. The van der Waals surface area contributed by atoms with Gasteiger partial charge in [-0.15, -0.1) is 11.3 Å².